The molecule has 2 rings (SSSR count). The Labute approximate surface area is 93.3 Å². The van der Waals surface area contributed by atoms with Crippen LogP contribution in [-0.4, -0.2) is 22.0 Å². The van der Waals surface area contributed by atoms with Crippen LogP contribution in [-0.2, 0) is 4.74 Å². The molecule has 0 spiro atoms. The second kappa shape index (κ2) is 4.79. The summed E-state index contributed by atoms with van der Waals surface area (Å²) in [6, 6.07) is 3.42. The molecule has 5 heteroatoms. The van der Waals surface area contributed by atoms with Gasteiger partial charge in [0.15, 0.2) is 0 Å². The zero-order valence-electron chi connectivity index (χ0n) is 8.21. The molecule has 15 heavy (non-hydrogen) atoms. The molecule has 0 radical (unpaired) electrons. The van der Waals surface area contributed by atoms with Crippen molar-refractivity contribution < 1.29 is 9.53 Å². The summed E-state index contributed by atoms with van der Waals surface area (Å²) in [6.07, 6.45) is 5.29. The number of imidazole rings is 1. The van der Waals surface area contributed by atoms with Gasteiger partial charge in [-0.15, -0.1) is 12.4 Å². The molecule has 0 bridgehead atoms. The first-order valence-corrected chi connectivity index (χ1v) is 4.41. The SMILES string of the molecule is CCOC(=O)c1ccn2ccnc2c1.Cl. The Balaban J connectivity index is 0.00000112. The van der Waals surface area contributed by atoms with Crippen LogP contribution in [0.4, 0.5) is 0 Å². The third kappa shape index (κ3) is 2.27. The Morgan fingerprint density at radius 1 is 1.53 bits per heavy atom. The Morgan fingerprint density at radius 2 is 2.33 bits per heavy atom. The molecule has 0 unspecified atom stereocenters. The number of hydrogen-bond acceptors (Lipinski definition) is 3. The first kappa shape index (κ1) is 11.5. The molecule has 0 atom stereocenters. The van der Waals surface area contributed by atoms with Gasteiger partial charge in [-0.2, -0.15) is 0 Å². The van der Waals surface area contributed by atoms with Crippen molar-refractivity contribution in [2.45, 2.75) is 6.92 Å². The molecule has 0 saturated carbocycles. The van der Waals surface area contributed by atoms with Crippen LogP contribution in [0.25, 0.3) is 5.65 Å². The van der Waals surface area contributed by atoms with Crippen LogP contribution in [0, 0.1) is 0 Å². The molecular formula is C10H11ClN2O2. The monoisotopic (exact) mass is 226 g/mol. The molecule has 80 valence electrons. The maximum atomic E-state index is 11.4. The van der Waals surface area contributed by atoms with Crippen LogP contribution in [0.2, 0.25) is 0 Å². The summed E-state index contributed by atoms with van der Waals surface area (Å²) in [5.41, 5.74) is 1.28. The van der Waals surface area contributed by atoms with Gasteiger partial charge in [0, 0.05) is 18.6 Å². The van der Waals surface area contributed by atoms with Gasteiger partial charge in [0.2, 0.25) is 0 Å². The van der Waals surface area contributed by atoms with Crippen LogP contribution in [0.15, 0.2) is 30.7 Å². The second-order valence-corrected chi connectivity index (χ2v) is 2.83. The molecule has 0 amide bonds. The number of rotatable bonds is 2. The molecule has 0 saturated heterocycles. The summed E-state index contributed by atoms with van der Waals surface area (Å²) in [6.45, 7) is 2.17. The molecular weight excluding hydrogens is 216 g/mol. The summed E-state index contributed by atoms with van der Waals surface area (Å²) in [7, 11) is 0. The van der Waals surface area contributed by atoms with E-state index in [-0.39, 0.29) is 18.4 Å². The number of ether oxygens (including phenoxy) is 1. The van der Waals surface area contributed by atoms with Gasteiger partial charge in [0.05, 0.1) is 12.2 Å². The highest BCUT2D eigenvalue weighted by Crippen LogP contribution is 2.06. The molecule has 0 N–H and O–H groups in total. The van der Waals surface area contributed by atoms with Crippen molar-refractivity contribution in [1.82, 2.24) is 9.38 Å². The van der Waals surface area contributed by atoms with E-state index >= 15 is 0 Å². The van der Waals surface area contributed by atoms with E-state index in [9.17, 15) is 4.79 Å². The molecule has 0 aliphatic heterocycles. The average molecular weight is 227 g/mol. The minimum Gasteiger partial charge on any atom is -0.462 e. The van der Waals surface area contributed by atoms with Gasteiger partial charge in [0.1, 0.15) is 5.65 Å². The van der Waals surface area contributed by atoms with Crippen molar-refractivity contribution in [3.05, 3.63) is 36.3 Å². The number of carbonyl (C=O) groups is 1. The fourth-order valence-electron chi connectivity index (χ4n) is 1.25. The Bertz CT molecular complexity index is 467. The fourth-order valence-corrected chi connectivity index (χ4v) is 1.25. The number of halogens is 1. The van der Waals surface area contributed by atoms with Crippen molar-refractivity contribution in [1.29, 1.82) is 0 Å². The van der Waals surface area contributed by atoms with E-state index in [4.69, 9.17) is 4.74 Å². The molecule has 2 aromatic rings. The number of fused-ring (bicyclic) bond motifs is 1. The summed E-state index contributed by atoms with van der Waals surface area (Å²) in [5.74, 6) is -0.307. The molecule has 0 aliphatic carbocycles. The highest BCUT2D eigenvalue weighted by Gasteiger charge is 2.06. The van der Waals surface area contributed by atoms with Gasteiger partial charge in [-0.05, 0) is 19.1 Å². The van der Waals surface area contributed by atoms with Gasteiger partial charge >= 0.3 is 5.97 Å². The third-order valence-corrected chi connectivity index (χ3v) is 1.91. The maximum Gasteiger partial charge on any atom is 0.338 e. The van der Waals surface area contributed by atoms with Crippen LogP contribution in [0.1, 0.15) is 17.3 Å². The van der Waals surface area contributed by atoms with E-state index in [1.54, 1.807) is 31.5 Å². The number of esters is 1. The lowest BCUT2D eigenvalue weighted by Crippen LogP contribution is -2.04. The molecule has 0 aromatic carbocycles. The number of nitrogens with zero attached hydrogens (tertiary/aromatic N) is 2. The highest BCUT2D eigenvalue weighted by atomic mass is 35.5. The molecule has 0 aliphatic rings. The van der Waals surface area contributed by atoms with Crippen LogP contribution in [0.3, 0.4) is 0 Å². The maximum absolute atomic E-state index is 11.4. The van der Waals surface area contributed by atoms with Gasteiger partial charge < -0.3 is 9.14 Å². The molecule has 2 aromatic heterocycles. The normalized spacial score (nSPS) is 9.67. The Kier molecular flexibility index (Phi) is 3.68. The Morgan fingerprint density at radius 3 is 3.07 bits per heavy atom. The zero-order chi connectivity index (χ0) is 9.97. The van der Waals surface area contributed by atoms with E-state index in [0.717, 1.165) is 5.65 Å². The van der Waals surface area contributed by atoms with Crippen LogP contribution in [0.5, 0.6) is 0 Å². The predicted octanol–water partition coefficient (Wildman–Crippen LogP) is 1.93. The number of hydrogen-bond donors (Lipinski definition) is 0. The summed E-state index contributed by atoms with van der Waals surface area (Å²) in [4.78, 5) is 15.4. The van der Waals surface area contributed by atoms with Gasteiger partial charge in [0.25, 0.3) is 0 Å². The molecule has 4 nitrogen and oxygen atoms in total. The minimum atomic E-state index is -0.307. The third-order valence-electron chi connectivity index (χ3n) is 1.91. The van der Waals surface area contributed by atoms with Crippen LogP contribution < -0.4 is 0 Å². The highest BCUT2D eigenvalue weighted by molar-refractivity contribution is 5.90. The summed E-state index contributed by atoms with van der Waals surface area (Å²) < 4.78 is 6.71. The average Bonchev–Trinajstić information content (AvgIpc) is 2.64. The van der Waals surface area contributed by atoms with E-state index < -0.39 is 0 Å². The lowest BCUT2D eigenvalue weighted by Gasteiger charge is -2.01. The Hall–Kier alpha value is -1.55. The molecule has 0 fully saturated rings. The first-order valence-electron chi connectivity index (χ1n) is 4.41. The lowest BCUT2D eigenvalue weighted by atomic mass is 10.3. The minimum absolute atomic E-state index is 0. The van der Waals surface area contributed by atoms with Crippen molar-refractivity contribution in [3.63, 3.8) is 0 Å². The molecule has 2 heterocycles. The van der Waals surface area contributed by atoms with E-state index in [0.29, 0.717) is 12.2 Å². The van der Waals surface area contributed by atoms with Gasteiger partial charge in [-0.3, -0.25) is 0 Å². The van der Waals surface area contributed by atoms with E-state index in [1.807, 2.05) is 10.6 Å². The number of aromatic nitrogens is 2. The fraction of sp³-hybridized carbons (Fsp3) is 0.200. The van der Waals surface area contributed by atoms with E-state index in [1.165, 1.54) is 0 Å². The number of pyridine rings is 1. The smallest absolute Gasteiger partial charge is 0.338 e. The zero-order valence-corrected chi connectivity index (χ0v) is 9.03. The second-order valence-electron chi connectivity index (χ2n) is 2.83. The quantitative estimate of drug-likeness (QED) is 0.735. The first-order chi connectivity index (χ1) is 6.81. The predicted molar refractivity (Wildman–Crippen MR) is 58.4 cm³/mol. The largest absolute Gasteiger partial charge is 0.462 e. The number of carbonyl (C=O) groups excluding carboxylic acids is 1. The van der Waals surface area contributed by atoms with Gasteiger partial charge in [-0.25, -0.2) is 9.78 Å². The topological polar surface area (TPSA) is 43.6 Å². The van der Waals surface area contributed by atoms with Gasteiger partial charge in [-0.1, -0.05) is 0 Å². The van der Waals surface area contributed by atoms with Crippen molar-refractivity contribution in [2.75, 3.05) is 6.61 Å². The summed E-state index contributed by atoms with van der Waals surface area (Å²) >= 11 is 0. The lowest BCUT2D eigenvalue weighted by molar-refractivity contribution is 0.0526. The van der Waals surface area contributed by atoms with Crippen molar-refractivity contribution in [3.8, 4) is 0 Å². The van der Waals surface area contributed by atoms with Crippen molar-refractivity contribution in [2.24, 2.45) is 0 Å². The standard InChI is InChI=1S/C10H10N2O2.ClH/c1-2-14-10(13)8-3-5-12-6-4-11-9(12)7-8;/h3-7H,2H2,1H3;1H. The van der Waals surface area contributed by atoms with Crippen molar-refractivity contribution >= 4 is 24.0 Å². The van der Waals surface area contributed by atoms with E-state index in [2.05, 4.69) is 4.98 Å². The summed E-state index contributed by atoms with van der Waals surface area (Å²) in [5, 5.41) is 0. The van der Waals surface area contributed by atoms with Crippen LogP contribution >= 0.6 is 12.4 Å².